The van der Waals surface area contributed by atoms with Crippen molar-refractivity contribution in [1.82, 2.24) is 4.90 Å². The third-order valence-corrected chi connectivity index (χ3v) is 4.87. The molecule has 1 unspecified atom stereocenters. The topological polar surface area (TPSA) is 23.5 Å². The van der Waals surface area contributed by atoms with Crippen molar-refractivity contribution in [2.45, 2.75) is 44.8 Å². The van der Waals surface area contributed by atoms with Gasteiger partial charge in [-0.15, -0.1) is 0 Å². The van der Waals surface area contributed by atoms with E-state index >= 15 is 0 Å². The average molecular weight is 283 g/mol. The molecule has 0 aliphatic carbocycles. The summed E-state index contributed by atoms with van der Waals surface area (Å²) in [6.45, 7) is 6.53. The lowest BCUT2D eigenvalue weighted by Crippen LogP contribution is -2.33. The molecule has 21 heavy (non-hydrogen) atoms. The summed E-state index contributed by atoms with van der Waals surface area (Å²) in [5.41, 5.74) is 0.413. The first-order chi connectivity index (χ1) is 10.1. The van der Waals surface area contributed by atoms with Crippen LogP contribution in [0.15, 0.2) is 42.5 Å². The van der Waals surface area contributed by atoms with Crippen molar-refractivity contribution in [3.05, 3.63) is 48.0 Å². The molecule has 0 amide bonds. The molecule has 1 N–H and O–H groups in total. The van der Waals surface area contributed by atoms with Crippen LogP contribution >= 0.6 is 0 Å². The van der Waals surface area contributed by atoms with E-state index in [0.29, 0.717) is 6.04 Å². The molecule has 2 aromatic carbocycles. The van der Waals surface area contributed by atoms with Gasteiger partial charge in [0.1, 0.15) is 0 Å². The molecule has 3 rings (SSSR count). The molecule has 0 aromatic heterocycles. The van der Waals surface area contributed by atoms with Crippen molar-refractivity contribution < 1.29 is 5.11 Å². The van der Waals surface area contributed by atoms with Crippen LogP contribution in [0.25, 0.3) is 10.8 Å². The molecule has 1 atom stereocenters. The second-order valence-corrected chi connectivity index (χ2v) is 6.54. The van der Waals surface area contributed by atoms with Gasteiger partial charge in [-0.05, 0) is 56.0 Å². The molecule has 1 saturated heterocycles. The van der Waals surface area contributed by atoms with E-state index in [2.05, 4.69) is 61.2 Å². The van der Waals surface area contributed by atoms with Crippen LogP contribution < -0.4 is 0 Å². The van der Waals surface area contributed by atoms with E-state index in [1.165, 1.54) is 10.8 Å². The first kappa shape index (κ1) is 14.6. The van der Waals surface area contributed by atoms with Gasteiger partial charge in [0.15, 0.2) is 0 Å². The lowest BCUT2D eigenvalue weighted by atomic mass is 9.84. The predicted molar refractivity (Wildman–Crippen MR) is 88.4 cm³/mol. The molecule has 0 radical (unpaired) electrons. The Hall–Kier alpha value is -1.38. The summed E-state index contributed by atoms with van der Waals surface area (Å²) in [5.74, 6) is 0. The minimum atomic E-state index is -0.690. The summed E-state index contributed by atoms with van der Waals surface area (Å²) < 4.78 is 0. The van der Waals surface area contributed by atoms with Crippen LogP contribution in [-0.4, -0.2) is 29.1 Å². The van der Waals surface area contributed by atoms with Crippen LogP contribution in [0.5, 0.6) is 0 Å². The molecule has 1 aliphatic rings. The molecule has 0 bridgehead atoms. The summed E-state index contributed by atoms with van der Waals surface area (Å²) >= 11 is 0. The van der Waals surface area contributed by atoms with Crippen LogP contribution in [0, 0.1) is 0 Å². The molecule has 1 aliphatic heterocycles. The maximum absolute atomic E-state index is 11.3. The highest BCUT2D eigenvalue weighted by Crippen LogP contribution is 2.37. The number of rotatable bonds is 2. The van der Waals surface area contributed by atoms with Crippen LogP contribution in [0.2, 0.25) is 0 Å². The smallest absolute Gasteiger partial charge is 0.0915 e. The molecular formula is C19H25NO. The zero-order valence-electron chi connectivity index (χ0n) is 13.0. The Labute approximate surface area is 127 Å². The van der Waals surface area contributed by atoms with Crippen LogP contribution in [-0.2, 0) is 5.60 Å². The van der Waals surface area contributed by atoms with Gasteiger partial charge in [0, 0.05) is 12.6 Å². The molecule has 2 nitrogen and oxygen atoms in total. The number of likely N-dealkylation sites (tertiary alicyclic amines) is 1. The van der Waals surface area contributed by atoms with Gasteiger partial charge >= 0.3 is 0 Å². The number of fused-ring (bicyclic) bond motifs is 1. The third kappa shape index (κ3) is 2.83. The minimum Gasteiger partial charge on any atom is -0.385 e. The molecule has 0 saturated carbocycles. The predicted octanol–water partition coefficient (Wildman–Crippen LogP) is 3.92. The Balaban J connectivity index is 1.97. The molecule has 112 valence electrons. The van der Waals surface area contributed by atoms with Gasteiger partial charge in [0.05, 0.1) is 5.60 Å². The lowest BCUT2D eigenvalue weighted by molar-refractivity contribution is 0.0218. The molecule has 0 spiro atoms. The van der Waals surface area contributed by atoms with Crippen molar-refractivity contribution in [3.63, 3.8) is 0 Å². The Kier molecular flexibility index (Phi) is 4.01. The first-order valence-corrected chi connectivity index (χ1v) is 8.05. The highest BCUT2D eigenvalue weighted by molar-refractivity contribution is 5.86. The third-order valence-electron chi connectivity index (χ3n) is 4.87. The second-order valence-electron chi connectivity index (χ2n) is 6.54. The average Bonchev–Trinajstić information content (AvgIpc) is 2.69. The number of hydrogen-bond acceptors (Lipinski definition) is 2. The minimum absolute atomic E-state index is 0.555. The van der Waals surface area contributed by atoms with Gasteiger partial charge < -0.3 is 10.0 Å². The van der Waals surface area contributed by atoms with Crippen molar-refractivity contribution in [3.8, 4) is 0 Å². The van der Waals surface area contributed by atoms with Gasteiger partial charge in [-0.3, -0.25) is 0 Å². The monoisotopic (exact) mass is 283 g/mol. The second kappa shape index (κ2) is 5.78. The van der Waals surface area contributed by atoms with E-state index in [-0.39, 0.29) is 0 Å². The number of benzene rings is 2. The fourth-order valence-electron chi connectivity index (χ4n) is 3.56. The van der Waals surface area contributed by atoms with Crippen LogP contribution in [0.1, 0.15) is 38.7 Å². The summed E-state index contributed by atoms with van der Waals surface area (Å²) in [4.78, 5) is 2.48. The van der Waals surface area contributed by atoms with Crippen LogP contribution in [0.4, 0.5) is 0 Å². The fourth-order valence-corrected chi connectivity index (χ4v) is 3.56. The molecular weight excluding hydrogens is 258 g/mol. The van der Waals surface area contributed by atoms with Crippen molar-refractivity contribution >= 4 is 10.8 Å². The van der Waals surface area contributed by atoms with E-state index in [0.717, 1.165) is 37.9 Å². The van der Waals surface area contributed by atoms with Crippen molar-refractivity contribution in [2.75, 3.05) is 13.1 Å². The highest BCUT2D eigenvalue weighted by atomic mass is 16.3. The molecule has 1 heterocycles. The Morgan fingerprint density at radius 3 is 2.57 bits per heavy atom. The van der Waals surface area contributed by atoms with Gasteiger partial charge in [-0.25, -0.2) is 0 Å². The standard InChI is InChI=1S/C19H25NO/c1-15(2)20-13-6-11-19(21,12-14-20)18-10-5-8-16-7-3-4-9-17(16)18/h3-5,7-10,15,21H,6,11-14H2,1-2H3. The van der Waals surface area contributed by atoms with Crippen LogP contribution in [0.3, 0.4) is 0 Å². The lowest BCUT2D eigenvalue weighted by Gasteiger charge is -2.29. The maximum atomic E-state index is 11.3. The quantitative estimate of drug-likeness (QED) is 0.903. The van der Waals surface area contributed by atoms with E-state index < -0.39 is 5.60 Å². The van der Waals surface area contributed by atoms with Gasteiger partial charge in [-0.1, -0.05) is 42.5 Å². The Bertz CT molecular complexity index is 616. The zero-order chi connectivity index (χ0) is 14.9. The number of hydrogen-bond donors (Lipinski definition) is 1. The van der Waals surface area contributed by atoms with Gasteiger partial charge in [-0.2, -0.15) is 0 Å². The summed E-state index contributed by atoms with van der Waals surface area (Å²) in [6.07, 6.45) is 2.72. The van der Waals surface area contributed by atoms with Crippen molar-refractivity contribution in [2.24, 2.45) is 0 Å². The molecule has 2 heteroatoms. The summed E-state index contributed by atoms with van der Waals surface area (Å²) in [7, 11) is 0. The zero-order valence-corrected chi connectivity index (χ0v) is 13.0. The first-order valence-electron chi connectivity index (χ1n) is 8.05. The fraction of sp³-hybridized carbons (Fsp3) is 0.474. The van der Waals surface area contributed by atoms with E-state index in [1.807, 2.05) is 0 Å². The van der Waals surface area contributed by atoms with Gasteiger partial charge in [0.2, 0.25) is 0 Å². The SMILES string of the molecule is CC(C)N1CCCC(O)(c2cccc3ccccc23)CC1. The van der Waals surface area contributed by atoms with E-state index in [4.69, 9.17) is 0 Å². The van der Waals surface area contributed by atoms with E-state index in [9.17, 15) is 5.11 Å². The summed E-state index contributed by atoms with van der Waals surface area (Å²) in [6, 6.07) is 15.2. The highest BCUT2D eigenvalue weighted by Gasteiger charge is 2.33. The normalized spacial score (nSPS) is 24.4. The summed E-state index contributed by atoms with van der Waals surface area (Å²) in [5, 5.41) is 13.7. The molecule has 1 fully saturated rings. The largest absolute Gasteiger partial charge is 0.385 e. The molecule has 2 aromatic rings. The maximum Gasteiger partial charge on any atom is 0.0915 e. The number of aliphatic hydroxyl groups is 1. The van der Waals surface area contributed by atoms with Crippen molar-refractivity contribution in [1.29, 1.82) is 0 Å². The Morgan fingerprint density at radius 2 is 1.76 bits per heavy atom. The van der Waals surface area contributed by atoms with E-state index in [1.54, 1.807) is 0 Å². The number of nitrogens with zero attached hydrogens (tertiary/aromatic N) is 1. The van der Waals surface area contributed by atoms with Gasteiger partial charge in [0.25, 0.3) is 0 Å². The Morgan fingerprint density at radius 1 is 1.00 bits per heavy atom.